The predicted molar refractivity (Wildman–Crippen MR) is 135 cm³/mol. The summed E-state index contributed by atoms with van der Waals surface area (Å²) in [5.41, 5.74) is 0.956. The van der Waals surface area contributed by atoms with Crippen molar-refractivity contribution in [3.05, 3.63) is 79.5 Å². The molecule has 7 nitrogen and oxygen atoms in total. The van der Waals surface area contributed by atoms with Crippen molar-refractivity contribution in [2.75, 3.05) is 26.9 Å². The molecule has 180 valence electrons. The van der Waals surface area contributed by atoms with Gasteiger partial charge in [0.05, 0.1) is 30.2 Å². The van der Waals surface area contributed by atoms with Crippen molar-refractivity contribution in [3.63, 3.8) is 0 Å². The van der Waals surface area contributed by atoms with Crippen molar-refractivity contribution in [1.82, 2.24) is 15.1 Å². The third-order valence-corrected chi connectivity index (χ3v) is 6.09. The fraction of sp³-hybridized carbons (Fsp3) is 0.292. The van der Waals surface area contributed by atoms with E-state index in [4.69, 9.17) is 44.6 Å². The summed E-state index contributed by atoms with van der Waals surface area (Å²) in [4.78, 5) is 23.7. The Balaban J connectivity index is 0.000000271. The van der Waals surface area contributed by atoms with Gasteiger partial charge in [-0.1, -0.05) is 46.9 Å². The highest BCUT2D eigenvalue weighted by atomic mass is 35.5. The van der Waals surface area contributed by atoms with E-state index in [0.717, 1.165) is 24.3 Å². The van der Waals surface area contributed by atoms with Gasteiger partial charge in [0.1, 0.15) is 0 Å². The van der Waals surface area contributed by atoms with Gasteiger partial charge in [-0.05, 0) is 49.9 Å². The zero-order chi connectivity index (χ0) is 24.7. The van der Waals surface area contributed by atoms with E-state index in [2.05, 4.69) is 10.4 Å². The number of aldehydes is 1. The van der Waals surface area contributed by atoms with Crippen LogP contribution in [0.1, 0.15) is 16.8 Å². The van der Waals surface area contributed by atoms with Crippen LogP contribution in [-0.2, 0) is 4.74 Å². The summed E-state index contributed by atoms with van der Waals surface area (Å²) in [7, 11) is 1.87. The number of rotatable bonds is 6. The smallest absolute Gasteiger partial charge is 0.282 e. The number of benzene rings is 2. The Hall–Kier alpha value is -2.26. The van der Waals surface area contributed by atoms with E-state index in [1.54, 1.807) is 42.5 Å². The molecule has 4 rings (SSSR count). The van der Waals surface area contributed by atoms with Gasteiger partial charge in [-0.2, -0.15) is 9.78 Å². The Kier molecular flexibility index (Phi) is 9.64. The summed E-state index contributed by atoms with van der Waals surface area (Å²) in [5, 5.41) is 17.5. The van der Waals surface area contributed by atoms with Crippen molar-refractivity contribution in [3.8, 4) is 16.9 Å². The highest BCUT2D eigenvalue weighted by Gasteiger charge is 2.23. The van der Waals surface area contributed by atoms with Crippen molar-refractivity contribution in [1.29, 1.82) is 0 Å². The average Bonchev–Trinajstić information content (AvgIpc) is 3.35. The van der Waals surface area contributed by atoms with Gasteiger partial charge in [-0.15, -0.1) is 0 Å². The third kappa shape index (κ3) is 6.66. The van der Waals surface area contributed by atoms with Crippen LogP contribution >= 0.6 is 34.8 Å². The van der Waals surface area contributed by atoms with Gasteiger partial charge in [-0.3, -0.25) is 9.59 Å². The summed E-state index contributed by atoms with van der Waals surface area (Å²) < 4.78 is 6.29. The first kappa shape index (κ1) is 26.3. The third-order valence-electron chi connectivity index (χ3n) is 5.40. The topological polar surface area (TPSA) is 93.4 Å². The molecule has 0 amide bonds. The van der Waals surface area contributed by atoms with Gasteiger partial charge in [0.2, 0.25) is 0 Å². The van der Waals surface area contributed by atoms with Crippen LogP contribution in [0, 0.1) is 5.92 Å². The quantitative estimate of drug-likeness (QED) is 0.468. The summed E-state index contributed by atoms with van der Waals surface area (Å²) in [6.07, 6.45) is 1.57. The van der Waals surface area contributed by atoms with Gasteiger partial charge in [-0.25, -0.2) is 0 Å². The van der Waals surface area contributed by atoms with Gasteiger partial charge in [0.15, 0.2) is 6.29 Å². The first-order valence-corrected chi connectivity index (χ1v) is 11.7. The number of halogens is 3. The van der Waals surface area contributed by atoms with Gasteiger partial charge < -0.3 is 15.2 Å². The molecule has 3 aromatic rings. The molecule has 10 heteroatoms. The zero-order valence-corrected chi connectivity index (χ0v) is 20.6. The minimum Gasteiger partial charge on any atom is -0.395 e. The lowest BCUT2D eigenvalue weighted by Crippen LogP contribution is -2.37. The molecule has 2 aromatic carbocycles. The van der Waals surface area contributed by atoms with Crippen LogP contribution in [0.3, 0.4) is 0 Å². The molecule has 1 saturated heterocycles. The Morgan fingerprint density at radius 2 is 1.82 bits per heavy atom. The molecule has 1 aromatic heterocycles. The molecule has 0 saturated carbocycles. The van der Waals surface area contributed by atoms with Crippen LogP contribution in [0.15, 0.2) is 53.3 Å². The Bertz CT molecular complexity index is 1150. The maximum absolute atomic E-state index is 12.4. The Morgan fingerprint density at radius 3 is 2.35 bits per heavy atom. The second kappa shape index (κ2) is 12.4. The fourth-order valence-corrected chi connectivity index (χ4v) is 4.18. The molecule has 0 bridgehead atoms. The largest absolute Gasteiger partial charge is 0.395 e. The lowest BCUT2D eigenvalue weighted by molar-refractivity contribution is 0.112. The molecular weight excluding hydrogens is 501 g/mol. The Morgan fingerprint density at radius 1 is 1.15 bits per heavy atom. The van der Waals surface area contributed by atoms with Crippen molar-refractivity contribution < 1.29 is 14.6 Å². The normalized spacial score (nSPS) is 16.0. The van der Waals surface area contributed by atoms with E-state index in [9.17, 15) is 9.59 Å². The van der Waals surface area contributed by atoms with Crippen LogP contribution in [-0.4, -0.2) is 54.1 Å². The fourth-order valence-electron chi connectivity index (χ4n) is 3.54. The molecule has 1 fully saturated rings. The van der Waals surface area contributed by atoms with E-state index in [0.29, 0.717) is 44.2 Å². The van der Waals surface area contributed by atoms with Crippen LogP contribution in [0.5, 0.6) is 0 Å². The minimum absolute atomic E-state index is 0.0222. The molecule has 2 atom stereocenters. The minimum atomic E-state index is -0.555. The van der Waals surface area contributed by atoms with Crippen molar-refractivity contribution in [2.24, 2.45) is 5.92 Å². The van der Waals surface area contributed by atoms with E-state index < -0.39 is 5.56 Å². The first-order valence-electron chi connectivity index (χ1n) is 10.5. The van der Waals surface area contributed by atoms with Crippen LogP contribution in [0.2, 0.25) is 15.1 Å². The monoisotopic (exact) mass is 523 g/mol. The van der Waals surface area contributed by atoms with Crippen molar-refractivity contribution in [2.45, 2.75) is 12.5 Å². The number of likely N-dealkylation sites (N-methyl/N-ethyl adjacent to an activating group) is 1. The van der Waals surface area contributed by atoms with Crippen LogP contribution in [0.4, 0.5) is 0 Å². The van der Waals surface area contributed by atoms with E-state index >= 15 is 0 Å². The number of ether oxygens (including phenoxy) is 1. The number of aromatic nitrogens is 2. The number of nitrogens with one attached hydrogen (secondary N) is 1. The standard InChI is InChI=1S/C17H9Cl3N2O2.C7H15NO2/c18-12-3-1-10(2-4-12)16-5-11(9-23)17(24)22(21-16)15-7-13(19)6-14(20)8-15;1-8-7(4-9)6-2-3-10-5-6/h1-9H;6-9H,2-5H2,1H3. The lowest BCUT2D eigenvalue weighted by Gasteiger charge is -2.18. The predicted octanol–water partition coefficient (Wildman–Crippen LogP) is 4.28. The molecule has 1 aliphatic heterocycles. The zero-order valence-electron chi connectivity index (χ0n) is 18.4. The Labute approximate surface area is 212 Å². The second-order valence-corrected chi connectivity index (χ2v) is 8.96. The van der Waals surface area contributed by atoms with Gasteiger partial charge >= 0.3 is 0 Å². The molecule has 0 aliphatic carbocycles. The maximum atomic E-state index is 12.4. The first-order chi connectivity index (χ1) is 16.4. The summed E-state index contributed by atoms with van der Waals surface area (Å²) in [5.74, 6) is 0.509. The molecule has 2 heterocycles. The number of hydrogen-bond acceptors (Lipinski definition) is 6. The average molecular weight is 525 g/mol. The van der Waals surface area contributed by atoms with Gasteiger partial charge in [0, 0.05) is 39.2 Å². The summed E-state index contributed by atoms with van der Waals surface area (Å²) >= 11 is 17.9. The number of hydrogen-bond donors (Lipinski definition) is 2. The highest BCUT2D eigenvalue weighted by molar-refractivity contribution is 6.34. The molecule has 34 heavy (non-hydrogen) atoms. The maximum Gasteiger partial charge on any atom is 0.282 e. The number of carbonyl (C=O) groups excluding carboxylic acids is 1. The molecule has 1 aliphatic rings. The van der Waals surface area contributed by atoms with E-state index in [-0.39, 0.29) is 18.2 Å². The van der Waals surface area contributed by atoms with Gasteiger partial charge in [0.25, 0.3) is 5.56 Å². The van der Waals surface area contributed by atoms with Crippen molar-refractivity contribution >= 4 is 41.1 Å². The van der Waals surface area contributed by atoms with Crippen LogP contribution < -0.4 is 10.9 Å². The molecule has 2 unspecified atom stereocenters. The number of carbonyl (C=O) groups is 1. The number of aliphatic hydroxyl groups is 1. The van der Waals surface area contributed by atoms with E-state index in [1.165, 1.54) is 6.07 Å². The van der Waals surface area contributed by atoms with E-state index in [1.807, 2.05) is 7.05 Å². The highest BCUT2D eigenvalue weighted by Crippen LogP contribution is 2.23. The molecule has 0 spiro atoms. The number of aliphatic hydroxyl groups excluding tert-OH is 1. The summed E-state index contributed by atoms with van der Waals surface area (Å²) in [6.45, 7) is 1.86. The lowest BCUT2D eigenvalue weighted by atomic mass is 10.0. The molecule has 2 N–H and O–H groups in total. The van der Waals surface area contributed by atoms with Crippen LogP contribution in [0.25, 0.3) is 16.9 Å². The SMILES string of the molecule is CNC(CO)C1CCOC1.O=Cc1cc(-c2ccc(Cl)cc2)nn(-c2cc(Cl)cc(Cl)c2)c1=O. The number of nitrogens with zero attached hydrogens (tertiary/aromatic N) is 2. The molecule has 0 radical (unpaired) electrons. The second-order valence-electron chi connectivity index (χ2n) is 7.66. The summed E-state index contributed by atoms with van der Waals surface area (Å²) in [6, 6.07) is 13.2. The molecular formula is C24H24Cl3N3O4.